The molecular weight excluding hydrogens is 756 g/mol. The number of fused-ring (bicyclic) bond motifs is 2. The van der Waals surface area contributed by atoms with Crippen molar-refractivity contribution in [1.29, 1.82) is 0 Å². The van der Waals surface area contributed by atoms with E-state index in [0.29, 0.717) is 45.6 Å². The lowest BCUT2D eigenvalue weighted by Crippen LogP contribution is -2.74. The summed E-state index contributed by atoms with van der Waals surface area (Å²) in [6, 6.07) is 15.6. The Hall–Kier alpha value is -5.25. The Morgan fingerprint density at radius 2 is 1.57 bits per heavy atom. The zero-order valence-electron chi connectivity index (χ0n) is 33.4. The predicted molar refractivity (Wildman–Crippen MR) is 219 cm³/mol. The van der Waals surface area contributed by atoms with Crippen molar-refractivity contribution in [3.8, 4) is 5.75 Å². The van der Waals surface area contributed by atoms with Gasteiger partial charge < -0.3 is 15.0 Å². The lowest BCUT2D eigenvalue weighted by Gasteiger charge is -2.63. The second kappa shape index (κ2) is 15.2. The molecule has 5 amide bonds. The molecule has 0 radical (unpaired) electrons. The van der Waals surface area contributed by atoms with Crippen molar-refractivity contribution >= 4 is 52.5 Å². The van der Waals surface area contributed by atoms with E-state index < -0.39 is 23.8 Å². The number of imide groups is 2. The Morgan fingerprint density at radius 3 is 2.21 bits per heavy atom. The van der Waals surface area contributed by atoms with Crippen LogP contribution in [0.15, 0.2) is 54.6 Å². The molecule has 1 unspecified atom stereocenters. The predicted octanol–water partition coefficient (Wildman–Crippen LogP) is 6.57. The van der Waals surface area contributed by atoms with Gasteiger partial charge in [-0.25, -0.2) is 4.85 Å². The smallest absolute Gasteiger partial charge is 0.262 e. The Kier molecular flexibility index (Phi) is 10.3. The maximum atomic E-state index is 13.5. The fraction of sp³-hybridized carbons (Fsp3) is 0.467. The number of rotatable bonds is 8. The first-order valence-corrected chi connectivity index (χ1v) is 20.6. The Balaban J connectivity index is 0.839. The fourth-order valence-corrected chi connectivity index (χ4v) is 10.5. The SMILES string of the molecule is [C-]#[N+]c1ccc(OC2C(C)(C)C(NC(=O)c3ccc(N4CCC(CN5CCCc6cc7c(cc6C5)C(=O)N(C5CCC(=O)NC5=O)C7=O)CC4)cc3)C2(C)C)cc1Cl. The zero-order valence-corrected chi connectivity index (χ0v) is 34.2. The van der Waals surface area contributed by atoms with Crippen LogP contribution in [0.4, 0.5) is 11.4 Å². The van der Waals surface area contributed by atoms with Crippen LogP contribution in [0.2, 0.25) is 5.02 Å². The molecule has 13 heteroatoms. The van der Waals surface area contributed by atoms with Gasteiger partial charge in [0.1, 0.15) is 17.9 Å². The van der Waals surface area contributed by atoms with E-state index in [1.54, 1.807) is 18.2 Å². The highest BCUT2D eigenvalue weighted by Crippen LogP contribution is 2.55. The fourth-order valence-electron chi connectivity index (χ4n) is 10.3. The average molecular weight is 805 g/mol. The number of anilines is 1. The lowest BCUT2D eigenvalue weighted by atomic mass is 9.49. The van der Waals surface area contributed by atoms with E-state index in [1.165, 1.54) is 0 Å². The number of hydrogen-bond donors (Lipinski definition) is 2. The molecule has 0 spiro atoms. The Morgan fingerprint density at radius 1 is 0.897 bits per heavy atom. The molecule has 0 aromatic heterocycles. The minimum Gasteiger partial charge on any atom is -0.489 e. The molecule has 3 fully saturated rings. The number of aryl methyl sites for hydroxylation is 1. The highest BCUT2D eigenvalue weighted by molar-refractivity contribution is 6.33. The second-order valence-corrected chi connectivity index (χ2v) is 18.1. The molecule has 1 aliphatic carbocycles. The van der Waals surface area contributed by atoms with Gasteiger partial charge in [-0.3, -0.25) is 39.1 Å². The highest BCUT2D eigenvalue weighted by Gasteiger charge is 2.64. The third-order valence-electron chi connectivity index (χ3n) is 13.1. The van der Waals surface area contributed by atoms with E-state index in [-0.39, 0.29) is 47.6 Å². The minimum absolute atomic E-state index is 0.0941. The first-order valence-electron chi connectivity index (χ1n) is 20.2. The van der Waals surface area contributed by atoms with Gasteiger partial charge in [-0.05, 0) is 104 Å². The van der Waals surface area contributed by atoms with E-state index in [4.69, 9.17) is 22.9 Å². The second-order valence-electron chi connectivity index (χ2n) is 17.7. The van der Waals surface area contributed by atoms with Crippen LogP contribution in [0.1, 0.15) is 102 Å². The molecule has 58 heavy (non-hydrogen) atoms. The van der Waals surface area contributed by atoms with Crippen LogP contribution in [0.3, 0.4) is 0 Å². The third kappa shape index (κ3) is 7.13. The van der Waals surface area contributed by atoms with Crippen LogP contribution in [-0.2, 0) is 22.6 Å². The summed E-state index contributed by atoms with van der Waals surface area (Å²) in [5.41, 5.74) is 4.19. The molecule has 3 aromatic rings. The van der Waals surface area contributed by atoms with E-state index in [0.717, 1.165) is 73.6 Å². The third-order valence-corrected chi connectivity index (χ3v) is 13.4. The number of benzene rings is 3. The van der Waals surface area contributed by atoms with Crippen LogP contribution in [0, 0.1) is 23.3 Å². The number of carbonyl (C=O) groups excluding carboxylic acids is 5. The number of nitrogens with zero attached hydrogens (tertiary/aromatic N) is 4. The standard InChI is InChI=1S/C45H49ClN6O6/c1-44(2)42(45(3,4)43(44)58-31-12-13-35(47-5)34(46)23-31)49-38(54)27-8-10-30(11-9-27)51-19-16-26(17-20-51)24-50-18-6-7-28-21-32-33(22-29(28)25-50)41(57)52(40(32)56)36-14-15-37(53)48-39(36)55/h8-13,21-23,26,36,42-43H,6-7,14-20,24-25H2,1-4H3,(H,49,54)(H,48,53,55). The van der Waals surface area contributed by atoms with Crippen molar-refractivity contribution in [2.75, 3.05) is 31.1 Å². The Bertz CT molecular complexity index is 2220. The van der Waals surface area contributed by atoms with Crippen LogP contribution in [0.25, 0.3) is 4.85 Å². The summed E-state index contributed by atoms with van der Waals surface area (Å²) in [4.78, 5) is 73.9. The molecule has 4 aliphatic heterocycles. The van der Waals surface area contributed by atoms with Gasteiger partial charge in [-0.2, -0.15) is 0 Å². The number of carbonyl (C=O) groups is 5. The van der Waals surface area contributed by atoms with Gasteiger partial charge in [0, 0.05) is 60.7 Å². The molecule has 1 saturated carbocycles. The summed E-state index contributed by atoms with van der Waals surface area (Å²) >= 11 is 6.26. The molecular formula is C45H49ClN6O6. The molecule has 4 heterocycles. The van der Waals surface area contributed by atoms with Gasteiger partial charge >= 0.3 is 0 Å². The Labute approximate surface area is 344 Å². The first kappa shape index (κ1) is 39.6. The van der Waals surface area contributed by atoms with Crippen molar-refractivity contribution in [2.24, 2.45) is 16.7 Å². The normalized spacial score (nSPS) is 24.2. The zero-order chi connectivity index (χ0) is 41.1. The van der Waals surface area contributed by atoms with E-state index in [1.807, 2.05) is 36.4 Å². The number of piperidine rings is 2. The number of amides is 5. The minimum atomic E-state index is -0.971. The summed E-state index contributed by atoms with van der Waals surface area (Å²) in [6.45, 7) is 20.0. The van der Waals surface area contributed by atoms with Crippen LogP contribution < -0.4 is 20.3 Å². The molecule has 2 saturated heterocycles. The molecule has 5 aliphatic rings. The number of nitrogens with one attached hydrogen (secondary N) is 2. The monoisotopic (exact) mass is 804 g/mol. The molecule has 8 rings (SSSR count). The lowest BCUT2D eigenvalue weighted by molar-refractivity contribution is -0.164. The summed E-state index contributed by atoms with van der Waals surface area (Å²) in [5, 5.41) is 5.91. The van der Waals surface area contributed by atoms with Crippen molar-refractivity contribution in [3.63, 3.8) is 0 Å². The van der Waals surface area contributed by atoms with Gasteiger partial charge in [0.15, 0.2) is 0 Å². The van der Waals surface area contributed by atoms with Crippen LogP contribution in [0.5, 0.6) is 5.75 Å². The molecule has 0 bridgehead atoms. The summed E-state index contributed by atoms with van der Waals surface area (Å²) < 4.78 is 6.39. The largest absolute Gasteiger partial charge is 0.489 e. The van der Waals surface area contributed by atoms with Crippen LogP contribution in [-0.4, -0.2) is 83.7 Å². The quantitative estimate of drug-likeness (QED) is 0.193. The van der Waals surface area contributed by atoms with E-state index >= 15 is 0 Å². The van der Waals surface area contributed by atoms with E-state index in [2.05, 4.69) is 53.0 Å². The maximum Gasteiger partial charge on any atom is 0.262 e. The van der Waals surface area contributed by atoms with E-state index in [9.17, 15) is 24.0 Å². The first-order chi connectivity index (χ1) is 27.6. The van der Waals surface area contributed by atoms with Crippen molar-refractivity contribution in [1.82, 2.24) is 20.4 Å². The number of halogens is 1. The van der Waals surface area contributed by atoms with Gasteiger partial charge in [-0.1, -0.05) is 45.4 Å². The number of hydrogen-bond acceptors (Lipinski definition) is 8. The molecule has 12 nitrogen and oxygen atoms in total. The van der Waals surface area contributed by atoms with Gasteiger partial charge in [0.05, 0.1) is 22.7 Å². The summed E-state index contributed by atoms with van der Waals surface area (Å²) in [7, 11) is 0. The summed E-state index contributed by atoms with van der Waals surface area (Å²) in [5.74, 6) is -0.915. The number of ether oxygens (including phenoxy) is 1. The van der Waals surface area contributed by atoms with Crippen molar-refractivity contribution < 1.29 is 28.7 Å². The summed E-state index contributed by atoms with van der Waals surface area (Å²) in [6.07, 6.45) is 3.88. The highest BCUT2D eigenvalue weighted by atomic mass is 35.5. The average Bonchev–Trinajstić information content (AvgIpc) is 3.30. The molecule has 2 N–H and O–H groups in total. The molecule has 3 aromatic carbocycles. The van der Waals surface area contributed by atoms with Crippen LogP contribution >= 0.6 is 11.6 Å². The molecule has 1 atom stereocenters. The topological polar surface area (TPSA) is 133 Å². The molecule has 302 valence electrons. The van der Waals surface area contributed by atoms with Gasteiger partial charge in [0.25, 0.3) is 17.7 Å². The van der Waals surface area contributed by atoms with Crippen molar-refractivity contribution in [2.45, 2.75) is 91.0 Å². The van der Waals surface area contributed by atoms with Gasteiger partial charge in [0.2, 0.25) is 17.5 Å². The van der Waals surface area contributed by atoms with Crippen molar-refractivity contribution in [3.05, 3.63) is 98.9 Å². The van der Waals surface area contributed by atoms with Gasteiger partial charge in [-0.15, -0.1) is 0 Å². The maximum absolute atomic E-state index is 13.5.